The molecule has 2 aromatic heterocycles. The van der Waals surface area contributed by atoms with Crippen molar-refractivity contribution in [2.24, 2.45) is 0 Å². The number of nitrogens with one attached hydrogen (secondary N) is 1. The van der Waals surface area contributed by atoms with E-state index in [0.29, 0.717) is 25.3 Å². The highest BCUT2D eigenvalue weighted by molar-refractivity contribution is 5.88. The minimum Gasteiger partial charge on any atom is -0.368 e. The monoisotopic (exact) mass is 299 g/mol. The fourth-order valence-electron chi connectivity index (χ4n) is 2.79. The highest BCUT2D eigenvalue weighted by Gasteiger charge is 2.35. The van der Waals surface area contributed by atoms with Gasteiger partial charge in [0, 0.05) is 31.9 Å². The number of pyridine rings is 1. The number of H-pyrrole nitrogens is 1. The first-order chi connectivity index (χ1) is 9.94. The molecule has 1 N–H and O–H groups in total. The summed E-state index contributed by atoms with van der Waals surface area (Å²) in [7, 11) is 0. The summed E-state index contributed by atoms with van der Waals surface area (Å²) in [6.45, 7) is 2.48. The summed E-state index contributed by atoms with van der Waals surface area (Å²) in [6, 6.07) is 1.72. The van der Waals surface area contributed by atoms with E-state index in [1.54, 1.807) is 12.4 Å². The summed E-state index contributed by atoms with van der Waals surface area (Å²) in [4.78, 5) is 7.75. The third kappa shape index (κ3) is 2.94. The number of aromatic amines is 1. The minimum absolute atomic E-state index is 0.157. The number of anilines is 1. The van der Waals surface area contributed by atoms with Gasteiger partial charge < -0.3 is 4.90 Å². The van der Waals surface area contributed by atoms with Gasteiger partial charge in [-0.15, -0.1) is 0 Å². The van der Waals surface area contributed by atoms with Crippen molar-refractivity contribution in [1.29, 1.82) is 0 Å². The number of hydrogen-bond donors (Lipinski definition) is 1. The second-order valence-corrected chi connectivity index (χ2v) is 5.34. The Balaban J connectivity index is 1.77. The van der Waals surface area contributed by atoms with E-state index in [1.165, 1.54) is 4.90 Å². The summed E-state index contributed by atoms with van der Waals surface area (Å²) in [5, 5.41) is 7.67. The standard InChI is InChI=1S/C13H16F3N5/c1-9-7-20(4-5-21(9)8-13(14,15)16)11-2-3-17-12-10(11)6-18-19-12/h2-3,6,9H,4-5,7-8H2,1H3,(H,17,18,19). The maximum atomic E-state index is 12.5. The molecule has 1 atom stereocenters. The van der Waals surface area contributed by atoms with E-state index in [9.17, 15) is 13.2 Å². The van der Waals surface area contributed by atoms with Gasteiger partial charge in [0.15, 0.2) is 5.65 Å². The van der Waals surface area contributed by atoms with E-state index in [4.69, 9.17) is 0 Å². The minimum atomic E-state index is -4.15. The van der Waals surface area contributed by atoms with Gasteiger partial charge in [-0.3, -0.25) is 10.00 Å². The van der Waals surface area contributed by atoms with E-state index in [0.717, 1.165) is 11.1 Å². The van der Waals surface area contributed by atoms with Crippen LogP contribution in [0.1, 0.15) is 6.92 Å². The van der Waals surface area contributed by atoms with Crippen molar-refractivity contribution < 1.29 is 13.2 Å². The average Bonchev–Trinajstić information content (AvgIpc) is 2.88. The van der Waals surface area contributed by atoms with Crippen LogP contribution in [0.3, 0.4) is 0 Å². The number of halogens is 3. The zero-order chi connectivity index (χ0) is 15.0. The molecule has 0 aliphatic carbocycles. The van der Waals surface area contributed by atoms with Gasteiger partial charge in [-0.25, -0.2) is 4.98 Å². The molecule has 0 saturated carbocycles. The Hall–Kier alpha value is -1.83. The Morgan fingerprint density at radius 1 is 1.38 bits per heavy atom. The Morgan fingerprint density at radius 2 is 2.19 bits per heavy atom. The molecule has 0 bridgehead atoms. The molecule has 0 spiro atoms. The fourth-order valence-corrected chi connectivity index (χ4v) is 2.79. The lowest BCUT2D eigenvalue weighted by molar-refractivity contribution is -0.150. The molecule has 1 aliphatic heterocycles. The van der Waals surface area contributed by atoms with Gasteiger partial charge in [0.05, 0.1) is 23.8 Å². The third-order valence-electron chi connectivity index (χ3n) is 3.82. The van der Waals surface area contributed by atoms with Gasteiger partial charge in [0.25, 0.3) is 0 Å². The number of aromatic nitrogens is 3. The molecule has 21 heavy (non-hydrogen) atoms. The first-order valence-electron chi connectivity index (χ1n) is 6.78. The molecule has 8 heteroatoms. The van der Waals surface area contributed by atoms with Gasteiger partial charge in [0.1, 0.15) is 0 Å². The summed E-state index contributed by atoms with van der Waals surface area (Å²) in [6.07, 6.45) is -0.766. The third-order valence-corrected chi connectivity index (χ3v) is 3.82. The second kappa shape index (κ2) is 5.18. The lowest BCUT2D eigenvalue weighted by atomic mass is 10.1. The van der Waals surface area contributed by atoms with Crippen LogP contribution in [0.4, 0.5) is 18.9 Å². The topological polar surface area (TPSA) is 48.1 Å². The largest absolute Gasteiger partial charge is 0.401 e. The molecule has 114 valence electrons. The highest BCUT2D eigenvalue weighted by atomic mass is 19.4. The van der Waals surface area contributed by atoms with Crippen molar-refractivity contribution in [3.8, 4) is 0 Å². The Labute approximate surface area is 119 Å². The van der Waals surface area contributed by atoms with Gasteiger partial charge in [0.2, 0.25) is 0 Å². The van der Waals surface area contributed by atoms with Crippen molar-refractivity contribution in [1.82, 2.24) is 20.1 Å². The smallest absolute Gasteiger partial charge is 0.368 e. The number of hydrogen-bond acceptors (Lipinski definition) is 4. The predicted molar refractivity (Wildman–Crippen MR) is 73.2 cm³/mol. The van der Waals surface area contributed by atoms with Crippen molar-refractivity contribution >= 4 is 16.7 Å². The first kappa shape index (κ1) is 14.1. The molecule has 3 heterocycles. The number of alkyl halides is 3. The Kier molecular flexibility index (Phi) is 3.48. The van der Waals surface area contributed by atoms with Gasteiger partial charge in [-0.05, 0) is 13.0 Å². The van der Waals surface area contributed by atoms with Crippen molar-refractivity contribution in [3.63, 3.8) is 0 Å². The summed E-state index contributed by atoms with van der Waals surface area (Å²) in [5.41, 5.74) is 1.66. The summed E-state index contributed by atoms with van der Waals surface area (Å²) >= 11 is 0. The maximum Gasteiger partial charge on any atom is 0.401 e. The van der Waals surface area contributed by atoms with E-state index >= 15 is 0 Å². The second-order valence-electron chi connectivity index (χ2n) is 5.34. The van der Waals surface area contributed by atoms with Crippen LogP contribution in [0, 0.1) is 0 Å². The summed E-state index contributed by atoms with van der Waals surface area (Å²) < 4.78 is 37.6. The zero-order valence-corrected chi connectivity index (χ0v) is 11.6. The van der Waals surface area contributed by atoms with Crippen molar-refractivity contribution in [3.05, 3.63) is 18.5 Å². The van der Waals surface area contributed by atoms with Crippen LogP contribution in [0.15, 0.2) is 18.5 Å². The fraction of sp³-hybridized carbons (Fsp3) is 0.538. The van der Waals surface area contributed by atoms with E-state index in [1.807, 2.05) is 13.0 Å². The van der Waals surface area contributed by atoms with E-state index in [-0.39, 0.29) is 6.04 Å². The van der Waals surface area contributed by atoms with Crippen molar-refractivity contribution in [2.45, 2.75) is 19.1 Å². The molecular formula is C13H16F3N5. The molecule has 2 aromatic rings. The number of piperazine rings is 1. The summed E-state index contributed by atoms with van der Waals surface area (Å²) in [5.74, 6) is 0. The molecule has 0 aromatic carbocycles. The van der Waals surface area contributed by atoms with Crippen LogP contribution >= 0.6 is 0 Å². The van der Waals surface area contributed by atoms with Crippen molar-refractivity contribution in [2.75, 3.05) is 31.1 Å². The van der Waals surface area contributed by atoms with Gasteiger partial charge >= 0.3 is 6.18 Å². The van der Waals surface area contributed by atoms with Crippen LogP contribution in [-0.2, 0) is 0 Å². The quantitative estimate of drug-likeness (QED) is 0.922. The van der Waals surface area contributed by atoms with Gasteiger partial charge in [-0.1, -0.05) is 0 Å². The normalized spacial score (nSPS) is 21.1. The predicted octanol–water partition coefficient (Wildman–Crippen LogP) is 2.03. The van der Waals surface area contributed by atoms with E-state index < -0.39 is 12.7 Å². The molecule has 3 rings (SSSR count). The van der Waals surface area contributed by atoms with E-state index in [2.05, 4.69) is 20.1 Å². The molecule has 0 amide bonds. The molecule has 1 aliphatic rings. The average molecular weight is 299 g/mol. The first-order valence-corrected chi connectivity index (χ1v) is 6.78. The zero-order valence-electron chi connectivity index (χ0n) is 11.6. The van der Waals surface area contributed by atoms with Crippen LogP contribution in [0.5, 0.6) is 0 Å². The van der Waals surface area contributed by atoms with Crippen LogP contribution < -0.4 is 4.90 Å². The molecule has 5 nitrogen and oxygen atoms in total. The number of rotatable bonds is 2. The van der Waals surface area contributed by atoms with Crippen LogP contribution in [-0.4, -0.2) is 58.5 Å². The molecule has 1 fully saturated rings. The van der Waals surface area contributed by atoms with Crippen LogP contribution in [0.25, 0.3) is 11.0 Å². The molecule has 1 unspecified atom stereocenters. The molecule has 0 radical (unpaired) electrons. The number of fused-ring (bicyclic) bond motifs is 1. The molecular weight excluding hydrogens is 283 g/mol. The SMILES string of the molecule is CC1CN(c2ccnc3[nH]ncc23)CCN1CC(F)(F)F. The Bertz CT molecular complexity index is 624. The Morgan fingerprint density at radius 3 is 2.90 bits per heavy atom. The molecule has 1 saturated heterocycles. The van der Waals surface area contributed by atoms with Gasteiger partial charge in [-0.2, -0.15) is 18.3 Å². The lowest BCUT2D eigenvalue weighted by Gasteiger charge is -2.41. The highest BCUT2D eigenvalue weighted by Crippen LogP contribution is 2.27. The number of nitrogens with zero attached hydrogens (tertiary/aromatic N) is 4. The van der Waals surface area contributed by atoms with Crippen LogP contribution in [0.2, 0.25) is 0 Å². The lowest BCUT2D eigenvalue weighted by Crippen LogP contribution is -2.54. The maximum absolute atomic E-state index is 12.5.